The molecule has 0 saturated heterocycles. The topological polar surface area (TPSA) is 12.9 Å². The first-order valence-electron chi connectivity index (χ1n) is 3.52. The molecule has 1 rings (SSSR count). The second kappa shape index (κ2) is 1.73. The van der Waals surface area contributed by atoms with Gasteiger partial charge in [-0.1, -0.05) is 6.04 Å². The molecule has 0 unspecified atom stereocenters. The first-order chi connectivity index (χ1) is 4.63. The van der Waals surface area contributed by atoms with Crippen LogP contribution in [0.3, 0.4) is 0 Å². The summed E-state index contributed by atoms with van der Waals surface area (Å²) in [5, 5.41) is 0. The fraction of sp³-hybridized carbons (Fsp3) is 0.167. The molecule has 0 bridgehead atoms. The van der Waals surface area contributed by atoms with Gasteiger partial charge in [0.05, 0.1) is 4.11 Å². The zero-order chi connectivity index (χ0) is 7.72. The van der Waals surface area contributed by atoms with Crippen LogP contribution < -0.4 is 0 Å². The van der Waals surface area contributed by atoms with Crippen LogP contribution in [0, 0.1) is 6.92 Å². The molecule has 1 heteroatoms. The Hall–Kier alpha value is -0.850. The molecule has 7 heavy (non-hydrogen) atoms. The van der Waals surface area contributed by atoms with Gasteiger partial charge in [-0.3, -0.25) is 4.98 Å². The average Bonchev–Trinajstić information content (AvgIpc) is 1.93. The summed E-state index contributed by atoms with van der Waals surface area (Å²) in [6, 6.07) is 0.00981. The molecular formula is C6H7N. The molecule has 36 valence electrons. The van der Waals surface area contributed by atoms with E-state index >= 15 is 0 Å². The van der Waals surface area contributed by atoms with Gasteiger partial charge in [-0.2, -0.15) is 0 Å². The monoisotopic (exact) mass is 96.1 g/mol. The highest BCUT2D eigenvalue weighted by Gasteiger charge is 1.73. The lowest BCUT2D eigenvalue weighted by Crippen LogP contribution is -1.72. The van der Waals surface area contributed by atoms with Gasteiger partial charge in [0.25, 0.3) is 0 Å². The minimum absolute atomic E-state index is 0.00981. The largest absolute Gasteiger partial charge is 0.262 e. The predicted molar refractivity (Wildman–Crippen MR) is 29.0 cm³/mol. The van der Waals surface area contributed by atoms with Gasteiger partial charge in [-0.05, 0) is 19.0 Å². The summed E-state index contributed by atoms with van der Waals surface area (Å²) in [6.07, 6.45) is 1.29. The highest BCUT2D eigenvalue weighted by molar-refractivity contribution is 4.99. The van der Waals surface area contributed by atoms with Gasteiger partial charge in [0.2, 0.25) is 0 Å². The average molecular weight is 96.1 g/mol. The Bertz CT molecular complexity index is 232. The van der Waals surface area contributed by atoms with E-state index in [9.17, 15) is 0 Å². The number of hydrogen-bond donors (Lipinski definition) is 0. The van der Waals surface area contributed by atoms with Gasteiger partial charge in [0.1, 0.15) is 0 Å². The Morgan fingerprint density at radius 3 is 3.29 bits per heavy atom. The SMILES string of the molecule is [2H]c1cnc(C)c([2H])c1[2H]. The van der Waals surface area contributed by atoms with Crippen molar-refractivity contribution in [2.24, 2.45) is 0 Å². The second-order valence-corrected chi connectivity index (χ2v) is 1.24. The zero-order valence-electron chi connectivity index (χ0n) is 7.02. The van der Waals surface area contributed by atoms with Crippen molar-refractivity contribution in [3.05, 3.63) is 30.0 Å². The van der Waals surface area contributed by atoms with Crippen molar-refractivity contribution in [1.82, 2.24) is 4.98 Å². The fourth-order valence-electron chi connectivity index (χ4n) is 0.320. The first kappa shape index (κ1) is 1.95. The maximum absolute atomic E-state index is 7.21. The number of rotatable bonds is 0. The molecule has 0 saturated carbocycles. The summed E-state index contributed by atoms with van der Waals surface area (Å²) in [4.78, 5) is 3.74. The highest BCUT2D eigenvalue weighted by Crippen LogP contribution is 1.85. The Balaban J connectivity index is 3.34. The number of nitrogens with zero attached hydrogens (tertiary/aromatic N) is 1. The fourth-order valence-corrected chi connectivity index (χ4v) is 0.320. The minimum atomic E-state index is -0.0486. The third-order valence-corrected chi connectivity index (χ3v) is 0.638. The van der Waals surface area contributed by atoms with E-state index < -0.39 is 0 Å². The Morgan fingerprint density at radius 2 is 2.57 bits per heavy atom. The lowest BCUT2D eigenvalue weighted by molar-refractivity contribution is 1.20. The smallest absolute Gasteiger partial charge is 0.0642 e. The molecule has 1 aromatic heterocycles. The molecule has 1 aromatic rings. The molecular weight excluding hydrogens is 86.1 g/mol. The third-order valence-electron chi connectivity index (χ3n) is 0.638. The van der Waals surface area contributed by atoms with Crippen LogP contribution in [-0.4, -0.2) is 4.98 Å². The summed E-state index contributed by atoms with van der Waals surface area (Å²) in [5.74, 6) is 0. The maximum atomic E-state index is 7.21. The minimum Gasteiger partial charge on any atom is -0.262 e. The Morgan fingerprint density at radius 1 is 1.71 bits per heavy atom. The van der Waals surface area contributed by atoms with Crippen LogP contribution >= 0.6 is 0 Å². The van der Waals surface area contributed by atoms with Crippen LogP contribution in [0.1, 0.15) is 9.81 Å². The van der Waals surface area contributed by atoms with E-state index in [1.165, 1.54) is 6.20 Å². The molecule has 0 amide bonds. The van der Waals surface area contributed by atoms with Crippen LogP contribution in [-0.2, 0) is 0 Å². The summed E-state index contributed by atoms with van der Waals surface area (Å²) < 4.78 is 21.5. The van der Waals surface area contributed by atoms with Crippen molar-refractivity contribution < 1.29 is 4.11 Å². The molecule has 0 N–H and O–H groups in total. The van der Waals surface area contributed by atoms with Crippen molar-refractivity contribution in [2.45, 2.75) is 6.92 Å². The van der Waals surface area contributed by atoms with Crippen molar-refractivity contribution in [3.63, 3.8) is 0 Å². The van der Waals surface area contributed by atoms with Crippen molar-refractivity contribution in [2.75, 3.05) is 0 Å². The molecule has 1 heterocycles. The number of aryl methyl sites for hydroxylation is 1. The normalized spacial score (nSPS) is 14.7. The number of pyridine rings is 1. The summed E-state index contributed by atoms with van der Waals surface area (Å²) in [5.41, 5.74) is 0.501. The first-order valence-corrected chi connectivity index (χ1v) is 2.02. The van der Waals surface area contributed by atoms with Gasteiger partial charge in [0.15, 0.2) is 0 Å². The lowest BCUT2D eigenvalue weighted by atomic mass is 10.4. The maximum Gasteiger partial charge on any atom is 0.0642 e. The zero-order valence-corrected chi connectivity index (χ0v) is 4.02. The van der Waals surface area contributed by atoms with Crippen molar-refractivity contribution >= 4 is 0 Å². The molecule has 0 radical (unpaired) electrons. The molecule has 1 nitrogen and oxygen atoms in total. The number of aromatic nitrogens is 1. The quantitative estimate of drug-likeness (QED) is 0.475. The van der Waals surface area contributed by atoms with E-state index in [-0.39, 0.29) is 18.1 Å². The molecule has 0 fully saturated rings. The summed E-state index contributed by atoms with van der Waals surface area (Å²) in [6.45, 7) is 1.65. The van der Waals surface area contributed by atoms with Crippen LogP contribution in [0.5, 0.6) is 0 Å². The Kier molecular flexibility index (Phi) is 0.483. The van der Waals surface area contributed by atoms with Gasteiger partial charge in [0, 0.05) is 11.9 Å². The van der Waals surface area contributed by atoms with E-state index in [4.69, 9.17) is 4.11 Å². The van der Waals surface area contributed by atoms with Gasteiger partial charge in [-0.15, -0.1) is 0 Å². The van der Waals surface area contributed by atoms with E-state index in [1.54, 1.807) is 6.92 Å². The molecule has 0 atom stereocenters. The van der Waals surface area contributed by atoms with E-state index in [0.29, 0.717) is 5.69 Å². The third kappa shape index (κ3) is 1.000. The van der Waals surface area contributed by atoms with Crippen molar-refractivity contribution in [3.8, 4) is 0 Å². The molecule has 0 aromatic carbocycles. The van der Waals surface area contributed by atoms with Gasteiger partial charge >= 0.3 is 0 Å². The molecule has 0 aliphatic rings. The van der Waals surface area contributed by atoms with E-state index in [0.717, 1.165) is 0 Å². The summed E-state index contributed by atoms with van der Waals surface area (Å²) in [7, 11) is 0. The van der Waals surface area contributed by atoms with Crippen LogP contribution in [0.25, 0.3) is 0 Å². The molecule has 0 spiro atoms. The highest BCUT2D eigenvalue weighted by atomic mass is 14.6. The summed E-state index contributed by atoms with van der Waals surface area (Å²) >= 11 is 0. The predicted octanol–water partition coefficient (Wildman–Crippen LogP) is 1.39. The van der Waals surface area contributed by atoms with Gasteiger partial charge < -0.3 is 0 Å². The Labute approximate surface area is 47.2 Å². The van der Waals surface area contributed by atoms with E-state index in [2.05, 4.69) is 4.98 Å². The van der Waals surface area contributed by atoms with Crippen LogP contribution in [0.15, 0.2) is 24.3 Å². The molecule has 0 aliphatic carbocycles. The lowest BCUT2D eigenvalue weighted by Gasteiger charge is -1.82. The van der Waals surface area contributed by atoms with Crippen LogP contribution in [0.2, 0.25) is 0 Å². The van der Waals surface area contributed by atoms with Gasteiger partial charge in [-0.25, -0.2) is 0 Å². The van der Waals surface area contributed by atoms with Crippen LogP contribution in [0.4, 0.5) is 0 Å². The van der Waals surface area contributed by atoms with E-state index in [1.807, 2.05) is 0 Å². The standard InChI is InChI=1S/C6H7N/c1-6-4-2-3-5-7-6/h2-5H,1H3/i2D,3D,4D. The second-order valence-electron chi connectivity index (χ2n) is 1.24. The number of hydrogen-bond acceptors (Lipinski definition) is 1. The van der Waals surface area contributed by atoms with Crippen molar-refractivity contribution in [1.29, 1.82) is 0 Å². The molecule has 0 aliphatic heterocycles.